The Bertz CT molecular complexity index is 1080. The van der Waals surface area contributed by atoms with Crippen LogP contribution in [0.5, 0.6) is 5.75 Å². The van der Waals surface area contributed by atoms with Crippen molar-refractivity contribution in [3.8, 4) is 5.75 Å². The first-order valence-corrected chi connectivity index (χ1v) is 11.4. The Hall–Kier alpha value is -2.05. The largest absolute Gasteiger partial charge is 0.508 e. The molecule has 4 aliphatic rings. The molecule has 1 saturated carbocycles. The lowest BCUT2D eigenvalue weighted by molar-refractivity contribution is -0.152. The van der Waals surface area contributed by atoms with E-state index in [1.54, 1.807) is 10.7 Å². The topological polar surface area (TPSA) is 81.5 Å². The molecule has 160 valence electrons. The highest BCUT2D eigenvalue weighted by Gasteiger charge is 2.65. The van der Waals surface area contributed by atoms with Crippen molar-refractivity contribution < 1.29 is 10.2 Å². The van der Waals surface area contributed by atoms with Crippen molar-refractivity contribution in [2.24, 2.45) is 5.92 Å². The van der Waals surface area contributed by atoms with Crippen LogP contribution in [-0.4, -0.2) is 49.6 Å². The van der Waals surface area contributed by atoms with Crippen molar-refractivity contribution in [1.82, 2.24) is 14.7 Å². The number of hydrogen-bond donors (Lipinski definition) is 3. The summed E-state index contributed by atoms with van der Waals surface area (Å²) in [7, 11) is 0. The van der Waals surface area contributed by atoms with Crippen LogP contribution >= 0.6 is 0 Å². The van der Waals surface area contributed by atoms with E-state index in [1.165, 1.54) is 18.4 Å². The zero-order chi connectivity index (χ0) is 20.8. The quantitative estimate of drug-likeness (QED) is 0.726. The molecule has 6 heteroatoms. The number of fused-ring (bicyclic) bond motifs is 2. The van der Waals surface area contributed by atoms with Gasteiger partial charge in [-0.15, -0.1) is 0 Å². The van der Waals surface area contributed by atoms with Gasteiger partial charge in [-0.05, 0) is 75.3 Å². The fourth-order valence-electron chi connectivity index (χ4n) is 6.67. The number of hydrogen-bond acceptors (Lipinski definition) is 4. The molecule has 6 nitrogen and oxygen atoms in total. The van der Waals surface area contributed by atoms with E-state index in [4.69, 9.17) is 0 Å². The van der Waals surface area contributed by atoms with E-state index in [0.29, 0.717) is 12.8 Å². The number of phenolic OH excluding ortho intramolecular Hbond substituents is 1. The molecule has 0 spiro atoms. The normalized spacial score (nSPS) is 32.6. The lowest BCUT2D eigenvalue weighted by Crippen LogP contribution is -2.74. The highest BCUT2D eigenvalue weighted by atomic mass is 16.3. The Balaban J connectivity index is 1.55. The maximum Gasteiger partial charge on any atom is 0.270 e. The van der Waals surface area contributed by atoms with Crippen LogP contribution in [-0.2, 0) is 24.7 Å². The molecule has 1 saturated heterocycles. The Morgan fingerprint density at radius 2 is 2.07 bits per heavy atom. The number of phenols is 1. The van der Waals surface area contributed by atoms with Crippen LogP contribution in [0.15, 0.2) is 23.0 Å². The molecule has 3 N–H and O–H groups in total. The predicted octanol–water partition coefficient (Wildman–Crippen LogP) is 2.27. The van der Waals surface area contributed by atoms with E-state index in [-0.39, 0.29) is 23.4 Å². The highest BCUT2D eigenvalue weighted by molar-refractivity contribution is 5.51. The first-order chi connectivity index (χ1) is 14.3. The number of aromatic nitrogens is 2. The van der Waals surface area contributed by atoms with Crippen LogP contribution in [0.2, 0.25) is 0 Å². The third-order valence-electron chi connectivity index (χ3n) is 8.40. The van der Waals surface area contributed by atoms with Gasteiger partial charge in [-0.3, -0.25) is 19.5 Å². The minimum absolute atomic E-state index is 0.0109. The van der Waals surface area contributed by atoms with Gasteiger partial charge in [-0.2, -0.15) is 0 Å². The molecular weight excluding hydrogens is 378 g/mol. The third kappa shape index (κ3) is 2.35. The van der Waals surface area contributed by atoms with Gasteiger partial charge in [-0.25, -0.2) is 0 Å². The van der Waals surface area contributed by atoms with Gasteiger partial charge in [0.15, 0.2) is 0 Å². The maximum atomic E-state index is 13.1. The van der Waals surface area contributed by atoms with Crippen LogP contribution in [0.3, 0.4) is 0 Å². The molecule has 30 heavy (non-hydrogen) atoms. The molecule has 1 unspecified atom stereocenters. The van der Waals surface area contributed by atoms with Gasteiger partial charge in [0, 0.05) is 48.1 Å². The summed E-state index contributed by atoms with van der Waals surface area (Å²) in [5, 5.41) is 26.1. The van der Waals surface area contributed by atoms with E-state index in [1.807, 2.05) is 26.0 Å². The summed E-state index contributed by atoms with van der Waals surface area (Å²) in [5.41, 5.74) is 2.57. The van der Waals surface area contributed by atoms with Crippen LogP contribution in [0, 0.1) is 5.92 Å². The molecule has 2 heterocycles. The third-order valence-corrected chi connectivity index (χ3v) is 8.40. The molecule has 3 atom stereocenters. The van der Waals surface area contributed by atoms with Crippen molar-refractivity contribution in [3.05, 3.63) is 50.9 Å². The molecule has 3 aliphatic carbocycles. The number of likely N-dealkylation sites (tertiary alicyclic amines) is 1. The summed E-state index contributed by atoms with van der Waals surface area (Å²) >= 11 is 0. The van der Waals surface area contributed by atoms with Crippen LogP contribution < -0.4 is 5.56 Å². The van der Waals surface area contributed by atoms with Crippen molar-refractivity contribution in [1.29, 1.82) is 0 Å². The zero-order valence-electron chi connectivity index (χ0n) is 17.8. The average Bonchev–Trinajstić information content (AvgIpc) is 3.46. The molecule has 2 fully saturated rings. The number of nitrogens with zero attached hydrogens (tertiary/aromatic N) is 2. The number of piperidine rings is 1. The monoisotopic (exact) mass is 409 g/mol. The number of aliphatic hydroxyl groups is 1. The molecule has 1 aliphatic heterocycles. The molecule has 0 radical (unpaired) electrons. The molecular formula is C24H31N3O3. The fourth-order valence-corrected chi connectivity index (χ4v) is 6.67. The van der Waals surface area contributed by atoms with Gasteiger partial charge in [0.25, 0.3) is 5.56 Å². The second kappa shape index (κ2) is 6.01. The van der Waals surface area contributed by atoms with E-state index in [9.17, 15) is 15.0 Å². The smallest absolute Gasteiger partial charge is 0.270 e. The summed E-state index contributed by atoms with van der Waals surface area (Å²) < 4.78 is 1.71. The number of aromatic hydroxyl groups is 1. The van der Waals surface area contributed by atoms with Gasteiger partial charge in [-0.1, -0.05) is 6.07 Å². The van der Waals surface area contributed by atoms with Crippen molar-refractivity contribution in [3.63, 3.8) is 0 Å². The summed E-state index contributed by atoms with van der Waals surface area (Å²) in [6.07, 6.45) is 5.21. The summed E-state index contributed by atoms with van der Waals surface area (Å²) in [6, 6.07) is 5.75. The molecule has 1 aromatic carbocycles. The minimum atomic E-state index is -0.996. The van der Waals surface area contributed by atoms with E-state index in [2.05, 4.69) is 10.00 Å². The lowest BCUT2D eigenvalue weighted by atomic mass is 9.49. The Morgan fingerprint density at radius 3 is 2.80 bits per heavy atom. The lowest BCUT2D eigenvalue weighted by Gasteiger charge is -2.63. The van der Waals surface area contributed by atoms with Crippen molar-refractivity contribution in [2.45, 2.75) is 75.5 Å². The van der Waals surface area contributed by atoms with E-state index >= 15 is 0 Å². The minimum Gasteiger partial charge on any atom is -0.508 e. The van der Waals surface area contributed by atoms with Gasteiger partial charge in [0.05, 0.1) is 5.60 Å². The first-order valence-electron chi connectivity index (χ1n) is 11.4. The molecule has 0 amide bonds. The fraction of sp³-hybridized carbons (Fsp3) is 0.625. The second-order valence-electron chi connectivity index (χ2n) is 10.4. The zero-order valence-corrected chi connectivity index (χ0v) is 17.8. The Labute approximate surface area is 176 Å². The Kier molecular flexibility index (Phi) is 3.75. The maximum absolute atomic E-state index is 13.1. The standard InChI is InChI=1S/C24H31N3O3/c1-14(2)27-22(29)18-11-24(30)21-9-16-5-6-17(28)10-19(16)23(24,12-20(18)25-27)7-8-26(21)13-15-3-4-15/h5-6,10,14-15,21,25,28,30H,3-4,7-9,11-13H2,1-2H3/t21?,23-,24-/m0/s1. The first kappa shape index (κ1) is 18.7. The summed E-state index contributed by atoms with van der Waals surface area (Å²) in [5.74, 6) is 1.01. The van der Waals surface area contributed by atoms with Gasteiger partial charge >= 0.3 is 0 Å². The van der Waals surface area contributed by atoms with Crippen LogP contribution in [0.25, 0.3) is 0 Å². The summed E-state index contributed by atoms with van der Waals surface area (Å²) in [6.45, 7) is 6.02. The predicted molar refractivity (Wildman–Crippen MR) is 114 cm³/mol. The Morgan fingerprint density at radius 1 is 1.27 bits per heavy atom. The highest BCUT2D eigenvalue weighted by Crippen LogP contribution is 2.57. The number of benzene rings is 1. The van der Waals surface area contributed by atoms with Crippen LogP contribution in [0.1, 0.15) is 61.5 Å². The average molecular weight is 410 g/mol. The van der Waals surface area contributed by atoms with E-state index < -0.39 is 11.0 Å². The number of rotatable bonds is 3. The van der Waals surface area contributed by atoms with Crippen molar-refractivity contribution in [2.75, 3.05) is 13.1 Å². The summed E-state index contributed by atoms with van der Waals surface area (Å²) in [4.78, 5) is 15.6. The second-order valence-corrected chi connectivity index (χ2v) is 10.4. The van der Waals surface area contributed by atoms with Gasteiger partial charge in [0.2, 0.25) is 0 Å². The van der Waals surface area contributed by atoms with Crippen molar-refractivity contribution >= 4 is 0 Å². The van der Waals surface area contributed by atoms with E-state index in [0.717, 1.165) is 48.7 Å². The van der Waals surface area contributed by atoms with Gasteiger partial charge < -0.3 is 10.2 Å². The van der Waals surface area contributed by atoms with Gasteiger partial charge in [0.1, 0.15) is 5.75 Å². The molecule has 1 aromatic heterocycles. The molecule has 6 rings (SSSR count). The SMILES string of the molecule is CC(C)n1[nH]c2c(c1=O)C[C@]1(O)C3Cc4ccc(O)cc4[C@]1(CCN3CC1CC1)C2. The van der Waals surface area contributed by atoms with Crippen LogP contribution in [0.4, 0.5) is 0 Å². The number of aromatic amines is 1. The number of nitrogens with one attached hydrogen (secondary N) is 1. The molecule has 2 bridgehead atoms. The molecule has 2 aromatic rings. The number of H-pyrrole nitrogens is 1.